The number of thiophene rings is 1. The van der Waals surface area contributed by atoms with Crippen molar-refractivity contribution in [3.63, 3.8) is 0 Å². The second-order valence-corrected chi connectivity index (χ2v) is 8.21. The lowest BCUT2D eigenvalue weighted by Gasteiger charge is -2.17. The summed E-state index contributed by atoms with van der Waals surface area (Å²) in [6.07, 6.45) is 1.82. The third kappa shape index (κ3) is 3.22. The van der Waals surface area contributed by atoms with Gasteiger partial charge < -0.3 is 9.72 Å². The van der Waals surface area contributed by atoms with E-state index < -0.39 is 29.3 Å². The molecule has 4 rings (SSSR count). The molecular weight excluding hydrogens is 386 g/mol. The van der Waals surface area contributed by atoms with Crippen LogP contribution < -0.4 is 5.56 Å². The molecule has 2 heterocycles. The number of fused-ring (bicyclic) bond motifs is 3. The maximum absolute atomic E-state index is 13.8. The normalized spacial score (nSPS) is 17.4. The average Bonchev–Trinajstić information content (AvgIpc) is 2.99. The van der Waals surface area contributed by atoms with E-state index >= 15 is 0 Å². The largest absolute Gasteiger partial charge is 0.451 e. The Bertz CT molecular complexity index is 1120. The predicted octanol–water partition coefficient (Wildman–Crippen LogP) is 4.31. The SMILES string of the molecule is C[C@H]1CCc2c(sc3nc([C@@H](C)OC(=O)c4c(F)cccc4F)[nH]c(=O)c23)C1. The lowest BCUT2D eigenvalue weighted by Crippen LogP contribution is -2.19. The van der Waals surface area contributed by atoms with Gasteiger partial charge >= 0.3 is 5.97 Å². The minimum atomic E-state index is -1.15. The van der Waals surface area contributed by atoms with Crippen LogP contribution in [0, 0.1) is 17.6 Å². The fourth-order valence-electron chi connectivity index (χ4n) is 3.53. The summed E-state index contributed by atoms with van der Waals surface area (Å²) >= 11 is 1.48. The number of hydrogen-bond acceptors (Lipinski definition) is 5. The summed E-state index contributed by atoms with van der Waals surface area (Å²) in [5, 5.41) is 0.592. The molecule has 2 aromatic heterocycles. The molecule has 1 aliphatic rings. The predicted molar refractivity (Wildman–Crippen MR) is 102 cm³/mol. The van der Waals surface area contributed by atoms with Gasteiger partial charge in [0.15, 0.2) is 11.9 Å². The molecule has 0 saturated carbocycles. The van der Waals surface area contributed by atoms with Gasteiger partial charge in [-0.15, -0.1) is 11.3 Å². The van der Waals surface area contributed by atoms with Crippen molar-refractivity contribution in [2.45, 2.75) is 39.2 Å². The van der Waals surface area contributed by atoms with Crippen LogP contribution in [0.4, 0.5) is 8.78 Å². The van der Waals surface area contributed by atoms with E-state index in [0.29, 0.717) is 16.1 Å². The van der Waals surface area contributed by atoms with Crippen molar-refractivity contribution in [2.24, 2.45) is 5.92 Å². The molecule has 8 heteroatoms. The molecule has 2 atom stereocenters. The number of rotatable bonds is 3. The number of halogens is 2. The van der Waals surface area contributed by atoms with E-state index in [-0.39, 0.29) is 11.4 Å². The van der Waals surface area contributed by atoms with Gasteiger partial charge in [0.1, 0.15) is 22.0 Å². The van der Waals surface area contributed by atoms with Crippen LogP contribution in [-0.2, 0) is 17.6 Å². The zero-order valence-electron chi connectivity index (χ0n) is 15.3. The lowest BCUT2D eigenvalue weighted by molar-refractivity contribution is 0.0309. The lowest BCUT2D eigenvalue weighted by atomic mass is 9.89. The van der Waals surface area contributed by atoms with Crippen LogP contribution in [0.25, 0.3) is 10.2 Å². The fourth-order valence-corrected chi connectivity index (χ4v) is 4.92. The molecule has 28 heavy (non-hydrogen) atoms. The highest BCUT2D eigenvalue weighted by molar-refractivity contribution is 7.18. The van der Waals surface area contributed by atoms with Gasteiger partial charge in [-0.25, -0.2) is 18.6 Å². The number of esters is 1. The van der Waals surface area contributed by atoms with Crippen LogP contribution in [0.5, 0.6) is 0 Å². The fraction of sp³-hybridized carbons (Fsp3) is 0.350. The van der Waals surface area contributed by atoms with Gasteiger partial charge in [-0.3, -0.25) is 4.79 Å². The zero-order valence-corrected chi connectivity index (χ0v) is 16.2. The van der Waals surface area contributed by atoms with E-state index in [1.54, 1.807) is 0 Å². The molecule has 3 aromatic rings. The first-order chi connectivity index (χ1) is 13.3. The number of carbonyl (C=O) groups is 1. The molecule has 0 radical (unpaired) electrons. The van der Waals surface area contributed by atoms with Crippen molar-refractivity contribution in [3.05, 3.63) is 62.0 Å². The van der Waals surface area contributed by atoms with Crippen molar-refractivity contribution < 1.29 is 18.3 Å². The van der Waals surface area contributed by atoms with Crippen LogP contribution in [0.3, 0.4) is 0 Å². The Labute approximate surface area is 163 Å². The maximum Gasteiger partial charge on any atom is 0.344 e. The number of aryl methyl sites for hydroxylation is 1. The smallest absolute Gasteiger partial charge is 0.344 e. The standard InChI is InChI=1S/C20H18F2N2O3S/c1-9-6-7-11-14(8-9)28-19-15(11)18(25)23-17(24-19)10(2)27-20(26)16-12(21)4-3-5-13(16)22/h3-5,9-10H,6-8H2,1-2H3,(H,23,24,25)/t9-,10+/m0/s1. The molecule has 1 aromatic carbocycles. The maximum atomic E-state index is 13.8. The molecule has 1 aliphatic carbocycles. The first kappa shape index (κ1) is 18.7. The highest BCUT2D eigenvalue weighted by Gasteiger charge is 2.26. The Kier molecular flexibility index (Phi) is 4.74. The van der Waals surface area contributed by atoms with Crippen molar-refractivity contribution in [1.29, 1.82) is 0 Å². The summed E-state index contributed by atoms with van der Waals surface area (Å²) in [4.78, 5) is 33.7. The summed E-state index contributed by atoms with van der Waals surface area (Å²) in [5.41, 5.74) is 0.00171. The molecule has 1 N–H and O–H groups in total. The topological polar surface area (TPSA) is 72.0 Å². The van der Waals surface area contributed by atoms with Gasteiger partial charge in [-0.2, -0.15) is 0 Å². The second-order valence-electron chi connectivity index (χ2n) is 7.13. The van der Waals surface area contributed by atoms with Crippen LogP contribution in [0.15, 0.2) is 23.0 Å². The van der Waals surface area contributed by atoms with Crippen LogP contribution in [0.2, 0.25) is 0 Å². The number of aromatic nitrogens is 2. The van der Waals surface area contributed by atoms with Crippen LogP contribution in [-0.4, -0.2) is 15.9 Å². The summed E-state index contributed by atoms with van der Waals surface area (Å²) in [7, 11) is 0. The molecule has 0 bridgehead atoms. The minimum absolute atomic E-state index is 0.147. The Morgan fingerprint density at radius 1 is 1.36 bits per heavy atom. The van der Waals surface area contributed by atoms with E-state index in [9.17, 15) is 18.4 Å². The van der Waals surface area contributed by atoms with Gasteiger partial charge in [0, 0.05) is 4.88 Å². The van der Waals surface area contributed by atoms with E-state index in [2.05, 4.69) is 16.9 Å². The van der Waals surface area contributed by atoms with Crippen LogP contribution >= 0.6 is 11.3 Å². The molecule has 0 spiro atoms. The van der Waals surface area contributed by atoms with E-state index in [4.69, 9.17) is 4.74 Å². The van der Waals surface area contributed by atoms with E-state index in [1.165, 1.54) is 23.1 Å². The third-order valence-corrected chi connectivity index (χ3v) is 6.17. The number of nitrogens with one attached hydrogen (secondary N) is 1. The van der Waals surface area contributed by atoms with E-state index in [0.717, 1.165) is 43.0 Å². The van der Waals surface area contributed by atoms with Crippen molar-refractivity contribution in [3.8, 4) is 0 Å². The molecule has 0 amide bonds. The highest BCUT2D eigenvalue weighted by Crippen LogP contribution is 2.36. The third-order valence-electron chi connectivity index (χ3n) is 5.02. The van der Waals surface area contributed by atoms with E-state index in [1.807, 2.05) is 0 Å². The van der Waals surface area contributed by atoms with Gasteiger partial charge in [0.05, 0.1) is 5.39 Å². The number of benzene rings is 1. The van der Waals surface area contributed by atoms with Crippen molar-refractivity contribution >= 4 is 27.5 Å². The average molecular weight is 404 g/mol. The molecule has 0 saturated heterocycles. The highest BCUT2D eigenvalue weighted by atomic mass is 32.1. The number of hydrogen-bond donors (Lipinski definition) is 1. The Morgan fingerprint density at radius 2 is 2.07 bits per heavy atom. The Hall–Kier alpha value is -2.61. The molecule has 0 aliphatic heterocycles. The number of H-pyrrole nitrogens is 1. The molecule has 5 nitrogen and oxygen atoms in total. The Balaban J connectivity index is 1.66. The molecular formula is C20H18F2N2O3S. The summed E-state index contributed by atoms with van der Waals surface area (Å²) in [5.74, 6) is -2.45. The number of ether oxygens (including phenoxy) is 1. The quantitative estimate of drug-likeness (QED) is 0.661. The second kappa shape index (κ2) is 7.09. The molecule has 0 unspecified atom stereocenters. The van der Waals surface area contributed by atoms with Gasteiger partial charge in [-0.1, -0.05) is 13.0 Å². The number of carbonyl (C=O) groups excluding carboxylic acids is 1. The van der Waals surface area contributed by atoms with Crippen LogP contribution in [0.1, 0.15) is 53.0 Å². The minimum Gasteiger partial charge on any atom is -0.451 e. The summed E-state index contributed by atoms with van der Waals surface area (Å²) < 4.78 is 32.7. The van der Waals surface area contributed by atoms with Gasteiger partial charge in [-0.05, 0) is 49.8 Å². The summed E-state index contributed by atoms with van der Waals surface area (Å²) in [6, 6.07) is 3.12. The van der Waals surface area contributed by atoms with Crippen molar-refractivity contribution in [1.82, 2.24) is 9.97 Å². The van der Waals surface area contributed by atoms with Crippen molar-refractivity contribution in [2.75, 3.05) is 0 Å². The molecule has 146 valence electrons. The summed E-state index contributed by atoms with van der Waals surface area (Å²) in [6.45, 7) is 3.68. The first-order valence-electron chi connectivity index (χ1n) is 9.04. The zero-order chi connectivity index (χ0) is 20.0. The molecule has 0 fully saturated rings. The first-order valence-corrected chi connectivity index (χ1v) is 9.86. The number of nitrogens with zero attached hydrogens (tertiary/aromatic N) is 1. The Morgan fingerprint density at radius 3 is 2.79 bits per heavy atom. The monoisotopic (exact) mass is 404 g/mol. The van der Waals surface area contributed by atoms with Gasteiger partial charge in [0.2, 0.25) is 0 Å². The van der Waals surface area contributed by atoms with Gasteiger partial charge in [0.25, 0.3) is 5.56 Å². The number of aromatic amines is 1.